The van der Waals surface area contributed by atoms with Crippen LogP contribution in [0.15, 0.2) is 24.7 Å². The molecule has 1 atom stereocenters. The van der Waals surface area contributed by atoms with Gasteiger partial charge in [0.2, 0.25) is 11.7 Å². The van der Waals surface area contributed by atoms with Crippen LogP contribution in [0.2, 0.25) is 0 Å². The van der Waals surface area contributed by atoms with E-state index in [1.54, 1.807) is 27.7 Å². The molecule has 0 saturated carbocycles. The Morgan fingerprint density at radius 3 is 2.56 bits per heavy atom. The van der Waals surface area contributed by atoms with Gasteiger partial charge < -0.3 is 34.1 Å². The van der Waals surface area contributed by atoms with Crippen molar-refractivity contribution in [2.24, 2.45) is 0 Å². The average Bonchev–Trinajstić information content (AvgIpc) is 3.63. The number of benzene rings is 1. The van der Waals surface area contributed by atoms with E-state index >= 15 is 0 Å². The molecule has 2 aliphatic rings. The first-order valence-corrected chi connectivity index (χ1v) is 11.5. The predicted octanol–water partition coefficient (Wildman–Crippen LogP) is 2.88. The van der Waals surface area contributed by atoms with Crippen LogP contribution < -0.4 is 24.4 Å². The molecular weight excluding hydrogens is 436 g/mol. The number of anilines is 3. The van der Waals surface area contributed by atoms with Gasteiger partial charge in [-0.3, -0.25) is 0 Å². The number of imidazole rings is 1. The predicted molar refractivity (Wildman–Crippen MR) is 128 cm³/mol. The minimum atomic E-state index is 0.0755. The van der Waals surface area contributed by atoms with Crippen molar-refractivity contribution in [3.05, 3.63) is 35.9 Å². The number of aliphatic hydroxyl groups is 1. The summed E-state index contributed by atoms with van der Waals surface area (Å²) >= 11 is 0. The van der Waals surface area contributed by atoms with Crippen molar-refractivity contribution in [1.82, 2.24) is 19.5 Å². The third-order valence-corrected chi connectivity index (χ3v) is 6.54. The molecule has 0 spiro atoms. The maximum Gasteiger partial charge on any atom is 0.227 e. The minimum absolute atomic E-state index is 0.0755. The van der Waals surface area contributed by atoms with Gasteiger partial charge in [-0.15, -0.1) is 0 Å². The minimum Gasteiger partial charge on any atom is -0.493 e. The molecule has 10 nitrogen and oxygen atoms in total. The second-order valence-corrected chi connectivity index (χ2v) is 8.50. The van der Waals surface area contributed by atoms with Gasteiger partial charge in [0.15, 0.2) is 11.5 Å². The number of aryl methyl sites for hydroxylation is 1. The van der Waals surface area contributed by atoms with Crippen molar-refractivity contribution < 1.29 is 19.3 Å². The van der Waals surface area contributed by atoms with E-state index in [1.165, 1.54) is 0 Å². The fourth-order valence-electron chi connectivity index (χ4n) is 4.81. The molecule has 10 heteroatoms. The summed E-state index contributed by atoms with van der Waals surface area (Å²) in [5, 5.41) is 13.2. The third-order valence-electron chi connectivity index (χ3n) is 6.54. The first-order valence-electron chi connectivity index (χ1n) is 11.5. The normalized spacial score (nSPS) is 17.1. The van der Waals surface area contributed by atoms with Crippen LogP contribution in [0.1, 0.15) is 30.5 Å². The van der Waals surface area contributed by atoms with E-state index in [9.17, 15) is 5.11 Å². The van der Waals surface area contributed by atoms with Gasteiger partial charge in [-0.25, -0.2) is 9.97 Å². The summed E-state index contributed by atoms with van der Waals surface area (Å²) in [5.41, 5.74) is 3.05. The van der Waals surface area contributed by atoms with Gasteiger partial charge in [0.25, 0.3) is 0 Å². The fraction of sp³-hybridized carbons (Fsp3) is 0.458. The Hall–Kier alpha value is -3.53. The van der Waals surface area contributed by atoms with Crippen molar-refractivity contribution in [2.75, 3.05) is 44.7 Å². The lowest BCUT2D eigenvalue weighted by atomic mass is 10.2. The van der Waals surface area contributed by atoms with Crippen LogP contribution in [0, 0.1) is 0 Å². The number of nitrogens with zero attached hydrogens (tertiary/aromatic N) is 5. The molecule has 2 N–H and O–H groups in total. The van der Waals surface area contributed by atoms with Gasteiger partial charge in [0, 0.05) is 24.2 Å². The zero-order valence-electron chi connectivity index (χ0n) is 19.7. The Labute approximate surface area is 198 Å². The maximum atomic E-state index is 9.76. The van der Waals surface area contributed by atoms with Crippen LogP contribution in [0.3, 0.4) is 0 Å². The molecule has 1 aliphatic carbocycles. The molecule has 2 aromatic heterocycles. The monoisotopic (exact) mass is 466 g/mol. The van der Waals surface area contributed by atoms with Gasteiger partial charge in [-0.1, -0.05) is 0 Å². The fourth-order valence-corrected chi connectivity index (χ4v) is 4.81. The summed E-state index contributed by atoms with van der Waals surface area (Å²) in [7, 11) is 4.77. The Kier molecular flexibility index (Phi) is 6.14. The zero-order chi connectivity index (χ0) is 23.7. The van der Waals surface area contributed by atoms with E-state index in [1.807, 2.05) is 22.9 Å². The molecule has 0 bridgehead atoms. The van der Waals surface area contributed by atoms with Gasteiger partial charge in [0.1, 0.15) is 18.0 Å². The van der Waals surface area contributed by atoms with E-state index in [-0.39, 0.29) is 12.6 Å². The summed E-state index contributed by atoms with van der Waals surface area (Å²) in [4.78, 5) is 16.4. The molecule has 0 amide bonds. The Balaban J connectivity index is 1.45. The standard InChI is InChI=1S/C24H30N6O4/c1-32-19-10-16(11-20(33-2)22(19)34-3)29-12-21(25-14-29)27-23-17-7-4-8-18(17)26-24(28-23)30-9-5-6-15(30)13-31/h10-12,14-15,31H,4-9,13H2,1-3H3,(H,26,27,28)/t15-/m0/s1. The number of nitrogens with one attached hydrogen (secondary N) is 1. The molecule has 3 heterocycles. The zero-order valence-corrected chi connectivity index (χ0v) is 19.7. The second kappa shape index (κ2) is 9.38. The van der Waals surface area contributed by atoms with Crippen LogP contribution in [0.4, 0.5) is 17.6 Å². The van der Waals surface area contributed by atoms with Gasteiger partial charge in [-0.05, 0) is 32.1 Å². The molecule has 1 aliphatic heterocycles. The van der Waals surface area contributed by atoms with Crippen LogP contribution in [0.5, 0.6) is 17.2 Å². The summed E-state index contributed by atoms with van der Waals surface area (Å²) in [6, 6.07) is 3.82. The molecular formula is C24H30N6O4. The summed E-state index contributed by atoms with van der Waals surface area (Å²) in [5.74, 6) is 3.83. The third kappa shape index (κ3) is 3.98. The van der Waals surface area contributed by atoms with Gasteiger partial charge in [-0.2, -0.15) is 4.98 Å². The van der Waals surface area contributed by atoms with Crippen LogP contribution >= 0.6 is 0 Å². The van der Waals surface area contributed by atoms with E-state index < -0.39 is 0 Å². The number of ether oxygens (including phenoxy) is 3. The van der Waals surface area contributed by atoms with E-state index in [2.05, 4.69) is 15.2 Å². The number of rotatable bonds is 8. The Morgan fingerprint density at radius 1 is 1.06 bits per heavy atom. The van der Waals surface area contributed by atoms with Crippen molar-refractivity contribution in [2.45, 2.75) is 38.1 Å². The van der Waals surface area contributed by atoms with E-state index in [0.717, 1.165) is 61.4 Å². The van der Waals surface area contributed by atoms with Crippen LogP contribution in [-0.2, 0) is 12.8 Å². The highest BCUT2D eigenvalue weighted by Gasteiger charge is 2.29. The molecule has 1 aromatic carbocycles. The molecule has 1 saturated heterocycles. The molecule has 0 radical (unpaired) electrons. The highest BCUT2D eigenvalue weighted by Crippen LogP contribution is 2.39. The van der Waals surface area contributed by atoms with Crippen molar-refractivity contribution >= 4 is 17.6 Å². The number of methoxy groups -OCH3 is 3. The van der Waals surface area contributed by atoms with Crippen molar-refractivity contribution in [1.29, 1.82) is 0 Å². The smallest absolute Gasteiger partial charge is 0.227 e. The topological polar surface area (TPSA) is 107 Å². The number of fused-ring (bicyclic) bond motifs is 1. The SMILES string of the molecule is COc1cc(-n2cnc(Nc3nc(N4CCC[C@H]4CO)nc4c3CCC4)c2)cc(OC)c1OC. The second-order valence-electron chi connectivity index (χ2n) is 8.50. The lowest BCUT2D eigenvalue weighted by molar-refractivity contribution is 0.265. The van der Waals surface area contributed by atoms with Crippen molar-refractivity contribution in [3.63, 3.8) is 0 Å². The number of aromatic nitrogens is 4. The molecule has 3 aromatic rings. The van der Waals surface area contributed by atoms with Crippen molar-refractivity contribution in [3.8, 4) is 22.9 Å². The maximum absolute atomic E-state index is 9.76. The van der Waals surface area contributed by atoms with E-state index in [4.69, 9.17) is 24.2 Å². The first-order chi connectivity index (χ1) is 16.6. The Morgan fingerprint density at radius 2 is 1.85 bits per heavy atom. The van der Waals surface area contributed by atoms with Gasteiger partial charge >= 0.3 is 0 Å². The van der Waals surface area contributed by atoms with Crippen LogP contribution in [0.25, 0.3) is 5.69 Å². The van der Waals surface area contributed by atoms with Crippen LogP contribution in [-0.4, -0.2) is 65.1 Å². The summed E-state index contributed by atoms with van der Waals surface area (Å²) < 4.78 is 18.3. The molecule has 1 fully saturated rings. The summed E-state index contributed by atoms with van der Waals surface area (Å²) in [6.07, 6.45) is 8.56. The largest absolute Gasteiger partial charge is 0.493 e. The first kappa shape index (κ1) is 22.3. The Bertz CT molecular complexity index is 1160. The quantitative estimate of drug-likeness (QED) is 0.518. The van der Waals surface area contributed by atoms with E-state index in [0.29, 0.717) is 29.0 Å². The lowest BCUT2D eigenvalue weighted by Gasteiger charge is -2.24. The van der Waals surface area contributed by atoms with Gasteiger partial charge in [0.05, 0.1) is 51.6 Å². The summed E-state index contributed by atoms with van der Waals surface area (Å²) in [6.45, 7) is 0.974. The lowest BCUT2D eigenvalue weighted by Crippen LogP contribution is -2.33. The highest BCUT2D eigenvalue weighted by atomic mass is 16.5. The molecule has 180 valence electrons. The molecule has 34 heavy (non-hydrogen) atoms. The highest BCUT2D eigenvalue weighted by molar-refractivity contribution is 5.62. The molecule has 5 rings (SSSR count). The molecule has 0 unspecified atom stereocenters. The number of hydrogen-bond acceptors (Lipinski definition) is 9. The number of hydrogen-bond donors (Lipinski definition) is 2. The number of aliphatic hydroxyl groups excluding tert-OH is 1. The average molecular weight is 467 g/mol.